The van der Waals surface area contributed by atoms with Gasteiger partial charge in [-0.25, -0.2) is 14.3 Å². The molecule has 10 nitrogen and oxygen atoms in total. The van der Waals surface area contributed by atoms with Gasteiger partial charge in [-0.2, -0.15) is 27.5 Å². The Morgan fingerprint density at radius 3 is 2.53 bits per heavy atom. The minimum Gasteiger partial charge on any atom is -0.493 e. The molecule has 0 spiro atoms. The Bertz CT molecular complexity index is 1710. The zero-order valence-electron chi connectivity index (χ0n) is 24.1. The molecule has 0 N–H and O–H groups in total. The zero-order valence-corrected chi connectivity index (χ0v) is 24.9. The van der Waals surface area contributed by atoms with Gasteiger partial charge in [0.25, 0.3) is 0 Å². The lowest BCUT2D eigenvalue weighted by atomic mass is 9.95. The maximum Gasteiger partial charge on any atom is 0.410 e. The quantitative estimate of drug-likeness (QED) is 0.226. The number of halogens is 4. The average Bonchev–Trinajstić information content (AvgIpc) is 3.55. The molecule has 1 amide bonds. The molecule has 4 aromatic rings. The van der Waals surface area contributed by atoms with Crippen LogP contribution >= 0.6 is 12.3 Å². The van der Waals surface area contributed by atoms with Crippen LogP contribution in [0.1, 0.15) is 43.9 Å². The largest absolute Gasteiger partial charge is 0.493 e. The lowest BCUT2D eigenvalue weighted by molar-refractivity contribution is -0.127. The van der Waals surface area contributed by atoms with Crippen molar-refractivity contribution in [3.63, 3.8) is 0 Å². The van der Waals surface area contributed by atoms with E-state index in [2.05, 4.69) is 20.2 Å². The highest BCUT2D eigenvalue weighted by molar-refractivity contribution is 7.92. The highest BCUT2D eigenvalue weighted by Crippen LogP contribution is 2.40. The molecular formula is C28H29F4N7O3S. The van der Waals surface area contributed by atoms with Crippen LogP contribution in [0, 0.1) is 6.92 Å². The molecule has 0 aliphatic carbocycles. The number of aromatic nitrogens is 6. The van der Waals surface area contributed by atoms with E-state index in [9.17, 15) is 21.9 Å². The summed E-state index contributed by atoms with van der Waals surface area (Å²) in [4.78, 5) is 22.6. The summed E-state index contributed by atoms with van der Waals surface area (Å²) in [6.07, 6.45) is 0.347. The summed E-state index contributed by atoms with van der Waals surface area (Å²) in [7, 11) is 1.39. The second-order valence-corrected chi connectivity index (χ2v) is 11.5. The van der Waals surface area contributed by atoms with Gasteiger partial charge in [-0.1, -0.05) is 6.08 Å². The van der Waals surface area contributed by atoms with Crippen LogP contribution in [0.15, 0.2) is 36.9 Å². The number of rotatable bonds is 6. The third-order valence-electron chi connectivity index (χ3n) is 6.79. The number of aryl methyl sites for hydroxylation is 1. The Balaban J connectivity index is 1.53. The molecule has 0 unspecified atom stereocenters. The summed E-state index contributed by atoms with van der Waals surface area (Å²) in [6, 6.07) is 3.10. The van der Waals surface area contributed by atoms with E-state index in [-0.39, 0.29) is 46.3 Å². The van der Waals surface area contributed by atoms with Crippen LogP contribution in [0.4, 0.5) is 21.9 Å². The Hall–Kier alpha value is -4.14. The van der Waals surface area contributed by atoms with Crippen LogP contribution < -0.4 is 4.74 Å². The van der Waals surface area contributed by atoms with Crippen LogP contribution in [0.3, 0.4) is 0 Å². The van der Waals surface area contributed by atoms with Gasteiger partial charge in [0.1, 0.15) is 17.6 Å². The van der Waals surface area contributed by atoms with Crippen molar-refractivity contribution in [3.8, 4) is 28.4 Å². The number of ether oxygens (including phenoxy) is 2. The monoisotopic (exact) mass is 619 g/mol. The Labute approximate surface area is 249 Å². The summed E-state index contributed by atoms with van der Waals surface area (Å²) in [5.74, 6) is 0.246. The minimum absolute atomic E-state index is 0.0986. The average molecular weight is 620 g/mol. The predicted molar refractivity (Wildman–Crippen MR) is 153 cm³/mol. The van der Waals surface area contributed by atoms with Gasteiger partial charge < -0.3 is 14.4 Å². The SMILES string of the molecule is COc1cc(-c2c(CC(F)(F)F)c(-c3cc(C)c(C4=CCN(C(=O)OC(C)(C)C)CC4)cn3)nn2SF)cn2ncnc12. The molecule has 1 aliphatic heterocycles. The van der Waals surface area contributed by atoms with Gasteiger partial charge in [0, 0.05) is 36.6 Å². The molecule has 228 valence electrons. The third-order valence-corrected chi connectivity index (χ3v) is 7.19. The number of carbonyl (C=O) groups excluding carboxylic acids is 1. The lowest BCUT2D eigenvalue weighted by Gasteiger charge is -2.29. The van der Waals surface area contributed by atoms with Gasteiger partial charge in [0.15, 0.2) is 23.7 Å². The van der Waals surface area contributed by atoms with Crippen molar-refractivity contribution in [2.24, 2.45) is 0 Å². The lowest BCUT2D eigenvalue weighted by Crippen LogP contribution is -2.39. The number of hydrogen-bond acceptors (Lipinski definition) is 8. The number of methoxy groups -OCH3 is 1. The van der Waals surface area contributed by atoms with Gasteiger partial charge >= 0.3 is 12.3 Å². The number of hydrogen-bond donors (Lipinski definition) is 0. The number of nitrogens with zero attached hydrogens (tertiary/aromatic N) is 7. The Kier molecular flexibility index (Phi) is 8.11. The zero-order chi connectivity index (χ0) is 31.1. The van der Waals surface area contributed by atoms with Crippen LogP contribution in [-0.2, 0) is 11.2 Å². The van der Waals surface area contributed by atoms with Crippen molar-refractivity contribution in [2.45, 2.75) is 52.3 Å². The van der Waals surface area contributed by atoms with Crippen molar-refractivity contribution in [1.82, 2.24) is 33.7 Å². The number of alkyl halides is 3. The maximum atomic E-state index is 14.2. The molecule has 43 heavy (non-hydrogen) atoms. The van der Waals surface area contributed by atoms with Gasteiger partial charge in [0.2, 0.25) is 0 Å². The normalized spacial score (nSPS) is 14.3. The van der Waals surface area contributed by atoms with Crippen molar-refractivity contribution >= 4 is 29.6 Å². The first-order chi connectivity index (χ1) is 20.3. The molecule has 5 rings (SSSR count). The highest BCUT2D eigenvalue weighted by atomic mass is 32.2. The van der Waals surface area contributed by atoms with E-state index in [1.807, 2.05) is 13.0 Å². The van der Waals surface area contributed by atoms with Gasteiger partial charge in [-0.15, -0.1) is 3.89 Å². The molecule has 0 saturated heterocycles. The maximum absolute atomic E-state index is 14.2. The van der Waals surface area contributed by atoms with Crippen LogP contribution in [-0.4, -0.2) is 71.7 Å². The fourth-order valence-electron chi connectivity index (χ4n) is 4.94. The van der Waals surface area contributed by atoms with Crippen molar-refractivity contribution in [2.75, 3.05) is 20.2 Å². The second kappa shape index (κ2) is 11.5. The molecule has 0 radical (unpaired) electrons. The number of fused-ring (bicyclic) bond motifs is 1. The van der Waals surface area contributed by atoms with Crippen LogP contribution in [0.5, 0.6) is 5.75 Å². The van der Waals surface area contributed by atoms with E-state index < -0.39 is 24.3 Å². The van der Waals surface area contributed by atoms with Crippen molar-refractivity contribution < 1.29 is 31.3 Å². The highest BCUT2D eigenvalue weighted by Gasteiger charge is 2.35. The first-order valence-corrected chi connectivity index (χ1v) is 13.9. The molecule has 15 heteroatoms. The van der Waals surface area contributed by atoms with E-state index >= 15 is 0 Å². The summed E-state index contributed by atoms with van der Waals surface area (Å²) in [5.41, 5.74) is 2.15. The van der Waals surface area contributed by atoms with E-state index in [0.29, 0.717) is 25.2 Å². The fraction of sp³-hybridized carbons (Fsp3) is 0.393. The predicted octanol–water partition coefficient (Wildman–Crippen LogP) is 6.48. The van der Waals surface area contributed by atoms with Gasteiger partial charge in [-0.05, 0) is 62.9 Å². The van der Waals surface area contributed by atoms with E-state index in [0.717, 1.165) is 20.8 Å². The number of pyridine rings is 2. The molecule has 0 aromatic carbocycles. The minimum atomic E-state index is -4.62. The van der Waals surface area contributed by atoms with Crippen molar-refractivity contribution in [3.05, 3.63) is 53.6 Å². The van der Waals surface area contributed by atoms with E-state index in [1.165, 1.54) is 30.2 Å². The van der Waals surface area contributed by atoms with Gasteiger partial charge in [0.05, 0.1) is 24.9 Å². The smallest absolute Gasteiger partial charge is 0.410 e. The molecule has 5 heterocycles. The van der Waals surface area contributed by atoms with Gasteiger partial charge in [-0.3, -0.25) is 4.98 Å². The van der Waals surface area contributed by atoms with E-state index in [1.54, 1.807) is 37.9 Å². The summed E-state index contributed by atoms with van der Waals surface area (Å²) < 4.78 is 68.9. The van der Waals surface area contributed by atoms with Crippen LogP contribution in [0.25, 0.3) is 33.9 Å². The molecule has 0 saturated carbocycles. The molecule has 1 aliphatic rings. The number of carbonyl (C=O) groups is 1. The van der Waals surface area contributed by atoms with Crippen LogP contribution in [0.2, 0.25) is 0 Å². The van der Waals surface area contributed by atoms with Crippen molar-refractivity contribution in [1.29, 1.82) is 0 Å². The first kappa shape index (κ1) is 30.3. The number of amides is 1. The Morgan fingerprint density at radius 1 is 1.16 bits per heavy atom. The third kappa shape index (κ3) is 6.45. The summed E-state index contributed by atoms with van der Waals surface area (Å²) in [5, 5.41) is 8.27. The second-order valence-electron chi connectivity index (χ2n) is 11.0. The van der Waals surface area contributed by atoms with E-state index in [4.69, 9.17) is 9.47 Å². The molecule has 4 aromatic heterocycles. The topological polar surface area (TPSA) is 99.7 Å². The molecule has 0 fully saturated rings. The first-order valence-electron chi connectivity index (χ1n) is 13.3. The Morgan fingerprint density at radius 2 is 1.93 bits per heavy atom. The summed E-state index contributed by atoms with van der Waals surface area (Å²) in [6.45, 7) is 8.02. The molecular weight excluding hydrogens is 590 g/mol. The fourth-order valence-corrected chi connectivity index (χ4v) is 5.34. The molecule has 0 atom stereocenters. The standard InChI is InChI=1S/C28H29F4N7O3S/c1-16-10-21(33-13-20(16)17-6-8-37(9-7-17)26(40)42-27(2,3)4)23-19(12-28(29,30)31)24(39(36-23)43-32)18-11-22(41-5)25-34-15-35-38(25)14-18/h6,10-11,13-15H,7-9,12H2,1-5H3. The molecule has 0 bridgehead atoms. The summed E-state index contributed by atoms with van der Waals surface area (Å²) >= 11 is -0.325.